The van der Waals surface area contributed by atoms with Gasteiger partial charge in [-0.2, -0.15) is 24.4 Å². The second-order valence-corrected chi connectivity index (χ2v) is 9.41. The van der Waals surface area contributed by atoms with Gasteiger partial charge in [0.25, 0.3) is 0 Å². The molecular formula is C23H32N6O5S2. The first-order valence-electron chi connectivity index (χ1n) is 11.3. The van der Waals surface area contributed by atoms with E-state index >= 15 is 0 Å². The number of aromatic amines is 1. The van der Waals surface area contributed by atoms with Crippen LogP contribution in [0.5, 0.6) is 0 Å². The van der Waals surface area contributed by atoms with Crippen molar-refractivity contribution in [1.29, 1.82) is 0 Å². The molecule has 0 aliphatic heterocycles. The third-order valence-corrected chi connectivity index (χ3v) is 6.30. The van der Waals surface area contributed by atoms with Crippen molar-refractivity contribution in [3.63, 3.8) is 0 Å². The molecule has 1 aromatic heterocycles. The normalized spacial score (nSPS) is 14.2. The molecule has 0 bridgehead atoms. The zero-order valence-electron chi connectivity index (χ0n) is 19.8. The molecule has 2 aromatic rings. The Bertz CT molecular complexity index is 992. The minimum absolute atomic E-state index is 0.0189. The summed E-state index contributed by atoms with van der Waals surface area (Å²) in [6, 6.07) is 4.92. The molecule has 13 heteroatoms. The van der Waals surface area contributed by atoms with Crippen LogP contribution in [0.15, 0.2) is 42.9 Å². The number of H-pyrrole nitrogens is 1. The summed E-state index contributed by atoms with van der Waals surface area (Å²) >= 11 is 5.71. The van der Waals surface area contributed by atoms with E-state index < -0.39 is 47.9 Å². The Hall–Kier alpha value is -3.03. The first-order valence-corrected chi connectivity index (χ1v) is 13.3. The number of carboxylic acids is 1. The topological polar surface area (TPSA) is 179 Å². The van der Waals surface area contributed by atoms with Gasteiger partial charge in [-0.05, 0) is 24.0 Å². The largest absolute Gasteiger partial charge is 0.480 e. The Kier molecular flexibility index (Phi) is 12.3. The fourth-order valence-electron chi connectivity index (χ4n) is 3.27. The number of nitrogens with one attached hydrogen (secondary N) is 4. The van der Waals surface area contributed by atoms with Crippen LogP contribution in [0.2, 0.25) is 0 Å². The van der Waals surface area contributed by atoms with E-state index in [4.69, 9.17) is 5.73 Å². The predicted molar refractivity (Wildman–Crippen MR) is 141 cm³/mol. The van der Waals surface area contributed by atoms with Crippen molar-refractivity contribution in [2.24, 2.45) is 5.73 Å². The van der Waals surface area contributed by atoms with Gasteiger partial charge >= 0.3 is 5.97 Å². The molecule has 0 saturated heterocycles. The molecule has 36 heavy (non-hydrogen) atoms. The van der Waals surface area contributed by atoms with E-state index in [1.807, 2.05) is 36.6 Å². The van der Waals surface area contributed by atoms with Crippen LogP contribution in [0.1, 0.15) is 17.7 Å². The van der Waals surface area contributed by atoms with Crippen LogP contribution in [-0.4, -0.2) is 80.7 Å². The minimum atomic E-state index is -1.24. The average Bonchev–Trinajstić information content (AvgIpc) is 3.38. The van der Waals surface area contributed by atoms with Crippen LogP contribution in [0.3, 0.4) is 0 Å². The Balaban J connectivity index is 2.10. The number of rotatable bonds is 15. The molecule has 0 aliphatic carbocycles. The van der Waals surface area contributed by atoms with Gasteiger partial charge in [-0.25, -0.2) is 9.78 Å². The lowest BCUT2D eigenvalue weighted by Crippen LogP contribution is -2.58. The second kappa shape index (κ2) is 15.2. The fraction of sp³-hybridized carbons (Fsp3) is 0.435. The Morgan fingerprint density at radius 2 is 1.67 bits per heavy atom. The van der Waals surface area contributed by atoms with Gasteiger partial charge < -0.3 is 31.8 Å². The number of aromatic nitrogens is 2. The summed E-state index contributed by atoms with van der Waals surface area (Å²) in [6.45, 7) is 0. The number of thiol groups is 1. The lowest BCUT2D eigenvalue weighted by Gasteiger charge is -2.24. The van der Waals surface area contributed by atoms with Gasteiger partial charge in [0, 0.05) is 30.5 Å². The SMILES string of the molecule is CSCCC(N)C(=O)NC(Cc1ccccc1)C(=O)NC(CS)C(=O)NC(Cc1cnc[nH]1)C(=O)O. The van der Waals surface area contributed by atoms with Crippen molar-refractivity contribution >= 4 is 48.1 Å². The van der Waals surface area contributed by atoms with Gasteiger partial charge in [-0.15, -0.1) is 0 Å². The van der Waals surface area contributed by atoms with E-state index in [2.05, 4.69) is 38.5 Å². The number of hydrogen-bond acceptors (Lipinski definition) is 8. The van der Waals surface area contributed by atoms with Gasteiger partial charge in [0.15, 0.2) is 0 Å². The number of carbonyl (C=O) groups excluding carboxylic acids is 3. The molecule has 2 rings (SSSR count). The quantitative estimate of drug-likeness (QED) is 0.152. The van der Waals surface area contributed by atoms with Crippen LogP contribution >= 0.6 is 24.4 Å². The maximum Gasteiger partial charge on any atom is 0.326 e. The van der Waals surface area contributed by atoms with Crippen LogP contribution in [0, 0.1) is 0 Å². The van der Waals surface area contributed by atoms with Crippen molar-refractivity contribution in [3.8, 4) is 0 Å². The van der Waals surface area contributed by atoms with E-state index in [0.29, 0.717) is 17.9 Å². The van der Waals surface area contributed by atoms with Gasteiger partial charge in [0.05, 0.1) is 12.4 Å². The number of benzene rings is 1. The number of nitrogens with two attached hydrogens (primary N) is 1. The van der Waals surface area contributed by atoms with Crippen molar-refractivity contribution < 1.29 is 24.3 Å². The van der Waals surface area contributed by atoms with Gasteiger partial charge in [0.2, 0.25) is 17.7 Å². The maximum absolute atomic E-state index is 13.2. The molecule has 4 atom stereocenters. The van der Waals surface area contributed by atoms with E-state index in [-0.39, 0.29) is 18.6 Å². The lowest BCUT2D eigenvalue weighted by molar-refractivity contribution is -0.142. The van der Waals surface area contributed by atoms with Gasteiger partial charge in [-0.1, -0.05) is 30.3 Å². The summed E-state index contributed by atoms with van der Waals surface area (Å²) in [6.07, 6.45) is 5.37. The molecule has 0 fully saturated rings. The summed E-state index contributed by atoms with van der Waals surface area (Å²) in [5, 5.41) is 17.2. The Labute approximate surface area is 219 Å². The average molecular weight is 537 g/mol. The summed E-state index contributed by atoms with van der Waals surface area (Å²) < 4.78 is 0. The van der Waals surface area contributed by atoms with Crippen LogP contribution < -0.4 is 21.7 Å². The van der Waals surface area contributed by atoms with Gasteiger partial charge in [0.1, 0.15) is 18.1 Å². The standard InChI is InChI=1S/C23H32N6O5S2/c1-36-8-7-16(24)20(30)27-17(9-14-5-3-2-4-6-14)21(31)29-19(12-35)22(32)28-18(23(33)34)10-15-11-25-13-26-15/h2-6,11,13,16-19,35H,7-10,12,24H2,1H3,(H,25,26)(H,27,30)(H,28,32)(H,29,31)(H,33,34). The van der Waals surface area contributed by atoms with Crippen molar-refractivity contribution in [1.82, 2.24) is 25.9 Å². The van der Waals surface area contributed by atoms with E-state index in [1.165, 1.54) is 12.5 Å². The van der Waals surface area contributed by atoms with Gasteiger partial charge in [-0.3, -0.25) is 14.4 Å². The Morgan fingerprint density at radius 3 is 2.25 bits per heavy atom. The number of imidazole rings is 1. The molecule has 0 aliphatic rings. The fourth-order valence-corrected chi connectivity index (χ4v) is 4.02. The zero-order valence-corrected chi connectivity index (χ0v) is 21.6. The molecule has 1 heterocycles. The number of hydrogen-bond donors (Lipinski definition) is 7. The monoisotopic (exact) mass is 536 g/mol. The number of amides is 3. The van der Waals surface area contributed by atoms with Crippen molar-refractivity contribution in [2.45, 2.75) is 43.4 Å². The van der Waals surface area contributed by atoms with Crippen molar-refractivity contribution in [3.05, 3.63) is 54.1 Å². The first-order chi connectivity index (χ1) is 17.2. The number of carbonyl (C=O) groups is 4. The summed E-state index contributed by atoms with van der Waals surface area (Å²) in [5.74, 6) is -2.44. The second-order valence-electron chi connectivity index (χ2n) is 8.06. The molecule has 3 amide bonds. The maximum atomic E-state index is 13.2. The molecule has 0 radical (unpaired) electrons. The van der Waals surface area contributed by atoms with Crippen LogP contribution in [0.4, 0.5) is 0 Å². The third kappa shape index (κ3) is 9.55. The molecule has 1 aromatic carbocycles. The summed E-state index contributed by atoms with van der Waals surface area (Å²) in [7, 11) is 0. The molecule has 4 unspecified atom stereocenters. The highest BCUT2D eigenvalue weighted by atomic mass is 32.2. The van der Waals surface area contributed by atoms with Crippen molar-refractivity contribution in [2.75, 3.05) is 17.8 Å². The number of nitrogens with zero attached hydrogens (tertiary/aromatic N) is 1. The summed E-state index contributed by atoms with van der Waals surface area (Å²) in [5.41, 5.74) is 7.29. The molecule has 196 valence electrons. The highest BCUT2D eigenvalue weighted by Crippen LogP contribution is 2.07. The smallest absolute Gasteiger partial charge is 0.326 e. The molecule has 0 spiro atoms. The number of carboxylic acid groups (broad SMARTS) is 1. The molecule has 0 saturated carbocycles. The minimum Gasteiger partial charge on any atom is -0.480 e. The summed E-state index contributed by atoms with van der Waals surface area (Å²) in [4.78, 5) is 56.9. The highest BCUT2D eigenvalue weighted by Gasteiger charge is 2.30. The lowest BCUT2D eigenvalue weighted by atomic mass is 10.0. The number of thioether (sulfide) groups is 1. The molecule has 11 nitrogen and oxygen atoms in total. The predicted octanol–water partition coefficient (Wildman–Crippen LogP) is -0.256. The zero-order chi connectivity index (χ0) is 26.5. The van der Waals surface area contributed by atoms with E-state index in [9.17, 15) is 24.3 Å². The highest BCUT2D eigenvalue weighted by molar-refractivity contribution is 7.98. The van der Waals surface area contributed by atoms with E-state index in [0.717, 1.165) is 5.56 Å². The van der Waals surface area contributed by atoms with E-state index in [1.54, 1.807) is 11.8 Å². The first kappa shape index (κ1) is 29.2. The van der Waals surface area contributed by atoms with Crippen LogP contribution in [-0.2, 0) is 32.0 Å². The number of aliphatic carboxylic acids is 1. The van der Waals surface area contributed by atoms with Crippen LogP contribution in [0.25, 0.3) is 0 Å². The molecular weight excluding hydrogens is 504 g/mol. The third-order valence-electron chi connectivity index (χ3n) is 5.29. The Morgan fingerprint density at radius 1 is 1.03 bits per heavy atom. The molecule has 7 N–H and O–H groups in total.